The highest BCUT2D eigenvalue weighted by Crippen LogP contribution is 2.43. The van der Waals surface area contributed by atoms with Crippen LogP contribution in [-0.2, 0) is 4.74 Å². The molecule has 0 aliphatic carbocycles. The fraction of sp³-hybridized carbons (Fsp3) is 0.462. The van der Waals surface area contributed by atoms with Gasteiger partial charge in [0.05, 0.1) is 16.8 Å². The quantitative estimate of drug-likeness (QED) is 0.780. The Hall–Kier alpha value is -0.610. The minimum Gasteiger partial charge on any atom is -0.462 e. The molecule has 1 aromatic rings. The molecule has 0 bridgehead atoms. The molecule has 1 saturated heterocycles. The predicted molar refractivity (Wildman–Crippen MR) is 74.7 cm³/mol. The van der Waals surface area contributed by atoms with E-state index in [9.17, 15) is 4.79 Å². The Bertz CT molecular complexity index is 370. The van der Waals surface area contributed by atoms with E-state index in [1.165, 1.54) is 23.5 Å². The summed E-state index contributed by atoms with van der Waals surface area (Å²) in [6.45, 7) is 2.25. The van der Waals surface area contributed by atoms with Gasteiger partial charge >= 0.3 is 5.97 Å². The lowest BCUT2D eigenvalue weighted by molar-refractivity contribution is 0.0526. The van der Waals surface area contributed by atoms with E-state index in [2.05, 4.69) is 0 Å². The maximum absolute atomic E-state index is 11.5. The molecule has 0 atom stereocenters. The van der Waals surface area contributed by atoms with Crippen LogP contribution in [0.4, 0.5) is 0 Å². The average Bonchev–Trinajstić information content (AvgIpc) is 2.40. The summed E-state index contributed by atoms with van der Waals surface area (Å²) in [5.41, 5.74) is 1.94. The summed E-state index contributed by atoms with van der Waals surface area (Å²) in [4.78, 5) is 11.5. The van der Waals surface area contributed by atoms with E-state index >= 15 is 0 Å². The minimum absolute atomic E-state index is 0.233. The summed E-state index contributed by atoms with van der Waals surface area (Å²) >= 11 is 3.98. The van der Waals surface area contributed by atoms with Gasteiger partial charge in [0.2, 0.25) is 0 Å². The highest BCUT2D eigenvalue weighted by atomic mass is 32.2. The largest absolute Gasteiger partial charge is 0.462 e. The molecule has 4 heteroatoms. The van der Waals surface area contributed by atoms with Crippen LogP contribution in [0, 0.1) is 0 Å². The van der Waals surface area contributed by atoms with Crippen molar-refractivity contribution in [1.29, 1.82) is 0 Å². The molecule has 0 saturated carbocycles. The third kappa shape index (κ3) is 3.42. The maximum atomic E-state index is 11.5. The monoisotopic (exact) mass is 268 g/mol. The lowest BCUT2D eigenvalue weighted by Crippen LogP contribution is -2.05. The predicted octanol–water partition coefficient (Wildman–Crippen LogP) is 3.73. The molecule has 0 unspecified atom stereocenters. The molecule has 0 radical (unpaired) electrons. The second kappa shape index (κ2) is 6.36. The summed E-state index contributed by atoms with van der Waals surface area (Å²) < 4.78 is 5.49. The van der Waals surface area contributed by atoms with Gasteiger partial charge in [0.25, 0.3) is 0 Å². The molecule has 0 spiro atoms. The molecular weight excluding hydrogens is 252 g/mol. The molecule has 1 aromatic carbocycles. The molecular formula is C13H16O2S2. The molecule has 1 aliphatic heterocycles. The Balaban J connectivity index is 2.04. The molecule has 1 fully saturated rings. The first kappa shape index (κ1) is 12.8. The normalized spacial score (nSPS) is 16.8. The Labute approximate surface area is 111 Å². The number of hydrogen-bond acceptors (Lipinski definition) is 4. The van der Waals surface area contributed by atoms with Crippen molar-refractivity contribution in [3.63, 3.8) is 0 Å². The first-order valence-corrected chi connectivity index (χ1v) is 7.91. The van der Waals surface area contributed by atoms with Crippen LogP contribution in [0.2, 0.25) is 0 Å². The van der Waals surface area contributed by atoms with Gasteiger partial charge in [-0.1, -0.05) is 12.1 Å². The number of rotatable bonds is 3. The standard InChI is InChI=1S/C13H16O2S2/c1-2-15-12(14)10-4-6-11(7-5-10)13-16-8-3-9-17-13/h4-7,13H,2-3,8-9H2,1H3. The Morgan fingerprint density at radius 1 is 1.29 bits per heavy atom. The van der Waals surface area contributed by atoms with Gasteiger partial charge in [-0.3, -0.25) is 0 Å². The molecule has 0 N–H and O–H groups in total. The molecule has 2 rings (SSSR count). The molecule has 1 aliphatic rings. The summed E-state index contributed by atoms with van der Waals surface area (Å²) in [6.07, 6.45) is 1.30. The van der Waals surface area contributed by atoms with E-state index in [-0.39, 0.29) is 5.97 Å². The maximum Gasteiger partial charge on any atom is 0.338 e. The number of carbonyl (C=O) groups excluding carboxylic acids is 1. The zero-order valence-corrected chi connectivity index (χ0v) is 11.5. The van der Waals surface area contributed by atoms with Gasteiger partial charge in [-0.15, -0.1) is 23.5 Å². The number of ether oxygens (including phenoxy) is 1. The Morgan fingerprint density at radius 3 is 2.53 bits per heavy atom. The Morgan fingerprint density at radius 2 is 1.94 bits per heavy atom. The zero-order valence-electron chi connectivity index (χ0n) is 9.85. The van der Waals surface area contributed by atoms with Gasteiger partial charge in [-0.2, -0.15) is 0 Å². The van der Waals surface area contributed by atoms with E-state index < -0.39 is 0 Å². The molecule has 17 heavy (non-hydrogen) atoms. The molecule has 1 heterocycles. The van der Waals surface area contributed by atoms with E-state index in [0.717, 1.165) is 0 Å². The zero-order chi connectivity index (χ0) is 12.1. The number of benzene rings is 1. The van der Waals surface area contributed by atoms with E-state index in [4.69, 9.17) is 4.74 Å². The second-order valence-electron chi connectivity index (χ2n) is 3.77. The molecule has 92 valence electrons. The number of thioether (sulfide) groups is 2. The third-order valence-corrected chi connectivity index (χ3v) is 5.54. The van der Waals surface area contributed by atoms with Crippen LogP contribution in [0.15, 0.2) is 24.3 Å². The smallest absolute Gasteiger partial charge is 0.338 e. The van der Waals surface area contributed by atoms with Gasteiger partial charge in [-0.05, 0) is 42.5 Å². The third-order valence-electron chi connectivity index (χ3n) is 2.52. The van der Waals surface area contributed by atoms with Crippen LogP contribution in [0.1, 0.15) is 33.8 Å². The lowest BCUT2D eigenvalue weighted by atomic mass is 10.1. The fourth-order valence-corrected chi connectivity index (χ4v) is 4.57. The van der Waals surface area contributed by atoms with Crippen LogP contribution >= 0.6 is 23.5 Å². The van der Waals surface area contributed by atoms with E-state index in [1.54, 1.807) is 0 Å². The van der Waals surface area contributed by atoms with Crippen LogP contribution in [-0.4, -0.2) is 24.1 Å². The van der Waals surface area contributed by atoms with Crippen molar-refractivity contribution >= 4 is 29.5 Å². The number of carbonyl (C=O) groups is 1. The van der Waals surface area contributed by atoms with E-state index in [0.29, 0.717) is 16.8 Å². The van der Waals surface area contributed by atoms with Crippen LogP contribution < -0.4 is 0 Å². The van der Waals surface area contributed by atoms with Gasteiger partial charge in [-0.25, -0.2) is 4.79 Å². The summed E-state index contributed by atoms with van der Waals surface area (Å²) in [5, 5.41) is 0. The number of esters is 1. The molecule has 0 aromatic heterocycles. The summed E-state index contributed by atoms with van der Waals surface area (Å²) in [5.74, 6) is 2.23. The van der Waals surface area contributed by atoms with Crippen molar-refractivity contribution < 1.29 is 9.53 Å². The SMILES string of the molecule is CCOC(=O)c1ccc(C2SCCCS2)cc1. The lowest BCUT2D eigenvalue weighted by Gasteiger charge is -2.21. The van der Waals surface area contributed by atoms with Crippen LogP contribution in [0.3, 0.4) is 0 Å². The average molecular weight is 268 g/mol. The van der Waals surface area contributed by atoms with Gasteiger partial charge in [0, 0.05) is 0 Å². The number of hydrogen-bond donors (Lipinski definition) is 0. The highest BCUT2D eigenvalue weighted by molar-refractivity contribution is 8.16. The molecule has 0 amide bonds. The minimum atomic E-state index is -0.233. The van der Waals surface area contributed by atoms with E-state index in [1.807, 2.05) is 54.7 Å². The van der Waals surface area contributed by atoms with Crippen molar-refractivity contribution in [3.05, 3.63) is 35.4 Å². The van der Waals surface area contributed by atoms with Crippen molar-refractivity contribution in [2.45, 2.75) is 17.9 Å². The fourth-order valence-electron chi connectivity index (χ4n) is 1.67. The first-order chi connectivity index (χ1) is 8.31. The van der Waals surface area contributed by atoms with Crippen LogP contribution in [0.25, 0.3) is 0 Å². The first-order valence-electron chi connectivity index (χ1n) is 5.81. The van der Waals surface area contributed by atoms with Gasteiger partial charge < -0.3 is 4.74 Å². The van der Waals surface area contributed by atoms with Crippen molar-refractivity contribution in [2.75, 3.05) is 18.1 Å². The summed E-state index contributed by atoms with van der Waals surface area (Å²) in [6, 6.07) is 7.82. The topological polar surface area (TPSA) is 26.3 Å². The van der Waals surface area contributed by atoms with Crippen LogP contribution in [0.5, 0.6) is 0 Å². The van der Waals surface area contributed by atoms with Crippen molar-refractivity contribution in [1.82, 2.24) is 0 Å². The van der Waals surface area contributed by atoms with Crippen molar-refractivity contribution in [2.24, 2.45) is 0 Å². The van der Waals surface area contributed by atoms with Crippen molar-refractivity contribution in [3.8, 4) is 0 Å². The molecule has 2 nitrogen and oxygen atoms in total. The van der Waals surface area contributed by atoms with Gasteiger partial charge in [0.15, 0.2) is 0 Å². The highest BCUT2D eigenvalue weighted by Gasteiger charge is 2.16. The Kier molecular flexibility index (Phi) is 4.80. The van der Waals surface area contributed by atoms with Gasteiger partial charge in [0.1, 0.15) is 0 Å². The summed E-state index contributed by atoms with van der Waals surface area (Å²) in [7, 11) is 0. The second-order valence-corrected chi connectivity index (χ2v) is 6.49.